The second-order valence-corrected chi connectivity index (χ2v) is 4.79. The van der Waals surface area contributed by atoms with E-state index >= 15 is 0 Å². The number of carbonyl (C=O) groups excluding carboxylic acids is 1. The summed E-state index contributed by atoms with van der Waals surface area (Å²) in [4.78, 5) is 14.3. The Morgan fingerprint density at radius 1 is 1.22 bits per heavy atom. The Balaban J connectivity index is 2.70. The van der Waals surface area contributed by atoms with Crippen molar-refractivity contribution in [2.75, 3.05) is 12.4 Å². The first-order valence-corrected chi connectivity index (χ1v) is 7.15. The molecule has 1 rings (SSSR count). The van der Waals surface area contributed by atoms with Gasteiger partial charge in [0.25, 0.3) is 0 Å². The van der Waals surface area contributed by atoms with E-state index < -0.39 is 0 Å². The van der Waals surface area contributed by atoms with Crippen molar-refractivity contribution >= 4 is 17.5 Å². The molecule has 0 unspecified atom stereocenters. The molecule has 3 heteroatoms. The first-order valence-electron chi connectivity index (χ1n) is 6.62. The molecule has 0 saturated carbocycles. The smallest absolute Gasteiger partial charge is 0.227 e. The van der Waals surface area contributed by atoms with Gasteiger partial charge in [-0.2, -0.15) is 0 Å². The summed E-state index contributed by atoms with van der Waals surface area (Å²) in [5, 5.41) is 0. The number of hydrogen-bond donors (Lipinski definition) is 0. The number of rotatable bonds is 7. The topological polar surface area (TPSA) is 20.3 Å². The van der Waals surface area contributed by atoms with Crippen molar-refractivity contribution in [2.45, 2.75) is 39.2 Å². The van der Waals surface area contributed by atoms with Crippen LogP contribution in [-0.4, -0.2) is 29.3 Å². The minimum atomic E-state index is 0.176. The second kappa shape index (κ2) is 8.15. The van der Waals surface area contributed by atoms with E-state index in [9.17, 15) is 4.79 Å². The molecule has 0 atom stereocenters. The van der Waals surface area contributed by atoms with Crippen molar-refractivity contribution in [3.8, 4) is 0 Å². The van der Waals surface area contributed by atoms with E-state index in [-0.39, 0.29) is 5.91 Å². The first-order chi connectivity index (χ1) is 8.72. The van der Waals surface area contributed by atoms with E-state index in [2.05, 4.69) is 13.8 Å². The summed E-state index contributed by atoms with van der Waals surface area (Å²) < 4.78 is 0. The molecule has 1 aromatic rings. The Labute approximate surface area is 115 Å². The lowest BCUT2D eigenvalue weighted by Crippen LogP contribution is -2.41. The third-order valence-corrected chi connectivity index (χ3v) is 3.40. The number of benzene rings is 1. The van der Waals surface area contributed by atoms with Gasteiger partial charge < -0.3 is 4.90 Å². The first kappa shape index (κ1) is 15.0. The van der Waals surface area contributed by atoms with Crippen molar-refractivity contribution < 1.29 is 4.79 Å². The van der Waals surface area contributed by atoms with Gasteiger partial charge in [-0.3, -0.25) is 4.79 Å². The molecule has 0 aliphatic heterocycles. The molecule has 0 aromatic heterocycles. The molecular weight excluding hydrogens is 246 g/mol. The van der Waals surface area contributed by atoms with Crippen LogP contribution in [0.3, 0.4) is 0 Å². The fraction of sp³-hybridized carbons (Fsp3) is 0.533. The van der Waals surface area contributed by atoms with Gasteiger partial charge in [-0.05, 0) is 18.4 Å². The number of nitrogens with zero attached hydrogens (tertiary/aromatic N) is 1. The summed E-state index contributed by atoms with van der Waals surface area (Å²) >= 11 is 5.81. The maximum Gasteiger partial charge on any atom is 0.227 e. The van der Waals surface area contributed by atoms with Gasteiger partial charge in [-0.25, -0.2) is 0 Å². The van der Waals surface area contributed by atoms with Crippen LogP contribution in [0.1, 0.15) is 32.3 Å². The number of carbonyl (C=O) groups is 1. The SMILES string of the molecule is CCC(CC)N(CCCl)C(=O)Cc1ccccc1. The number of amides is 1. The van der Waals surface area contributed by atoms with Gasteiger partial charge in [-0.15, -0.1) is 11.6 Å². The molecule has 0 spiro atoms. The molecular formula is C15H22ClNO. The highest BCUT2D eigenvalue weighted by Gasteiger charge is 2.20. The molecule has 2 nitrogen and oxygen atoms in total. The standard InChI is InChI=1S/C15H22ClNO/c1-3-14(4-2)17(11-10-16)15(18)12-13-8-6-5-7-9-13/h5-9,14H,3-4,10-12H2,1-2H3. The highest BCUT2D eigenvalue weighted by atomic mass is 35.5. The number of hydrogen-bond acceptors (Lipinski definition) is 1. The van der Waals surface area contributed by atoms with E-state index in [1.165, 1.54) is 0 Å². The molecule has 100 valence electrons. The Bertz CT molecular complexity index is 349. The van der Waals surface area contributed by atoms with Crippen molar-refractivity contribution in [1.82, 2.24) is 4.90 Å². The zero-order valence-corrected chi connectivity index (χ0v) is 12.0. The molecule has 0 bridgehead atoms. The molecule has 18 heavy (non-hydrogen) atoms. The van der Waals surface area contributed by atoms with Crippen LogP contribution in [0.2, 0.25) is 0 Å². The van der Waals surface area contributed by atoms with Gasteiger partial charge in [-0.1, -0.05) is 44.2 Å². The molecule has 0 fully saturated rings. The quantitative estimate of drug-likeness (QED) is 0.693. The van der Waals surface area contributed by atoms with Crippen molar-refractivity contribution in [2.24, 2.45) is 0 Å². The zero-order chi connectivity index (χ0) is 13.4. The molecule has 0 saturated heterocycles. The lowest BCUT2D eigenvalue weighted by Gasteiger charge is -2.30. The van der Waals surface area contributed by atoms with Crippen LogP contribution in [0, 0.1) is 0 Å². The van der Waals surface area contributed by atoms with E-state index in [1.54, 1.807) is 0 Å². The van der Waals surface area contributed by atoms with Crippen LogP contribution in [0.5, 0.6) is 0 Å². The fourth-order valence-corrected chi connectivity index (χ4v) is 2.39. The summed E-state index contributed by atoms with van der Waals surface area (Å²) in [5.74, 6) is 0.673. The Hall–Kier alpha value is -1.02. The summed E-state index contributed by atoms with van der Waals surface area (Å²) in [6.07, 6.45) is 2.43. The molecule has 0 heterocycles. The predicted molar refractivity (Wildman–Crippen MR) is 76.9 cm³/mol. The van der Waals surface area contributed by atoms with Crippen molar-refractivity contribution in [1.29, 1.82) is 0 Å². The minimum Gasteiger partial charge on any atom is -0.338 e. The van der Waals surface area contributed by atoms with E-state index in [1.807, 2.05) is 35.2 Å². The Kier molecular flexibility index (Phi) is 6.81. The third kappa shape index (κ3) is 4.34. The molecule has 0 aliphatic rings. The third-order valence-electron chi connectivity index (χ3n) is 3.23. The zero-order valence-electron chi connectivity index (χ0n) is 11.2. The van der Waals surface area contributed by atoms with Crippen molar-refractivity contribution in [3.63, 3.8) is 0 Å². The maximum atomic E-state index is 12.3. The highest BCUT2D eigenvalue weighted by Crippen LogP contribution is 2.12. The average Bonchev–Trinajstić information content (AvgIpc) is 2.40. The maximum absolute atomic E-state index is 12.3. The van der Waals surface area contributed by atoms with Crippen LogP contribution in [0.25, 0.3) is 0 Å². The van der Waals surface area contributed by atoms with Crippen LogP contribution in [-0.2, 0) is 11.2 Å². The van der Waals surface area contributed by atoms with E-state index in [4.69, 9.17) is 11.6 Å². The van der Waals surface area contributed by atoms with Gasteiger partial charge in [0.15, 0.2) is 0 Å². The average molecular weight is 268 g/mol. The molecule has 0 aliphatic carbocycles. The van der Waals surface area contributed by atoms with E-state index in [0.29, 0.717) is 24.9 Å². The Morgan fingerprint density at radius 2 is 1.83 bits per heavy atom. The summed E-state index contributed by atoms with van der Waals surface area (Å²) in [6.45, 7) is 4.87. The summed E-state index contributed by atoms with van der Waals surface area (Å²) in [5.41, 5.74) is 1.06. The van der Waals surface area contributed by atoms with Gasteiger partial charge >= 0.3 is 0 Å². The highest BCUT2D eigenvalue weighted by molar-refractivity contribution is 6.18. The van der Waals surface area contributed by atoms with Crippen LogP contribution in [0.4, 0.5) is 0 Å². The molecule has 1 amide bonds. The molecule has 0 N–H and O–H groups in total. The summed E-state index contributed by atoms with van der Waals surface area (Å²) in [6, 6.07) is 10.2. The van der Waals surface area contributed by atoms with Crippen LogP contribution in [0.15, 0.2) is 30.3 Å². The predicted octanol–water partition coefficient (Wildman–Crippen LogP) is 3.49. The number of halogens is 1. The number of alkyl halides is 1. The van der Waals surface area contributed by atoms with Gasteiger partial charge in [0, 0.05) is 18.5 Å². The lowest BCUT2D eigenvalue weighted by molar-refractivity contribution is -0.132. The monoisotopic (exact) mass is 267 g/mol. The van der Waals surface area contributed by atoms with E-state index in [0.717, 1.165) is 18.4 Å². The fourth-order valence-electron chi connectivity index (χ4n) is 2.20. The Morgan fingerprint density at radius 3 is 2.33 bits per heavy atom. The molecule has 0 radical (unpaired) electrons. The second-order valence-electron chi connectivity index (χ2n) is 4.41. The lowest BCUT2D eigenvalue weighted by atomic mass is 10.1. The van der Waals surface area contributed by atoms with Gasteiger partial charge in [0.05, 0.1) is 6.42 Å². The summed E-state index contributed by atoms with van der Waals surface area (Å²) in [7, 11) is 0. The largest absolute Gasteiger partial charge is 0.338 e. The van der Waals surface area contributed by atoms with Gasteiger partial charge in [0.2, 0.25) is 5.91 Å². The minimum absolute atomic E-state index is 0.176. The van der Waals surface area contributed by atoms with Crippen LogP contribution < -0.4 is 0 Å². The van der Waals surface area contributed by atoms with Crippen LogP contribution >= 0.6 is 11.6 Å². The van der Waals surface area contributed by atoms with Crippen molar-refractivity contribution in [3.05, 3.63) is 35.9 Å². The normalized spacial score (nSPS) is 10.7. The molecule has 1 aromatic carbocycles. The van der Waals surface area contributed by atoms with Gasteiger partial charge in [0.1, 0.15) is 0 Å².